The minimum absolute atomic E-state index is 0.556. The van der Waals surface area contributed by atoms with Gasteiger partial charge in [-0.1, -0.05) is 0 Å². The molecule has 4 nitrogen and oxygen atoms in total. The van der Waals surface area contributed by atoms with Gasteiger partial charge in [-0.15, -0.1) is 0 Å². The third-order valence-electron chi connectivity index (χ3n) is 2.20. The van der Waals surface area contributed by atoms with Crippen molar-refractivity contribution in [2.75, 3.05) is 14.2 Å². The van der Waals surface area contributed by atoms with Crippen LogP contribution in [0.1, 0.15) is 12.5 Å². The summed E-state index contributed by atoms with van der Waals surface area (Å²) in [6.45, 7) is 1.64. The van der Waals surface area contributed by atoms with Crippen LogP contribution < -0.4 is 15.2 Å². The molecule has 0 radical (unpaired) electrons. The lowest BCUT2D eigenvalue weighted by Crippen LogP contribution is -2.31. The van der Waals surface area contributed by atoms with Gasteiger partial charge in [0, 0.05) is 11.6 Å². The Morgan fingerprint density at radius 1 is 1.33 bits per heavy atom. The van der Waals surface area contributed by atoms with Crippen molar-refractivity contribution in [3.05, 3.63) is 23.8 Å². The summed E-state index contributed by atoms with van der Waals surface area (Å²) in [4.78, 5) is 0. The number of rotatable bonds is 3. The number of nitrogens with zero attached hydrogens (tertiary/aromatic N) is 1. The Hall–Kier alpha value is -1.73. The molecule has 1 unspecified atom stereocenters. The fourth-order valence-corrected chi connectivity index (χ4v) is 1.29. The number of hydrogen-bond donors (Lipinski definition) is 1. The van der Waals surface area contributed by atoms with Gasteiger partial charge in [0.05, 0.1) is 20.3 Å². The van der Waals surface area contributed by atoms with Gasteiger partial charge >= 0.3 is 0 Å². The topological polar surface area (TPSA) is 68.3 Å². The van der Waals surface area contributed by atoms with E-state index < -0.39 is 5.54 Å². The van der Waals surface area contributed by atoms with E-state index in [9.17, 15) is 0 Å². The molecule has 0 fully saturated rings. The molecule has 0 saturated heterocycles. The zero-order valence-electron chi connectivity index (χ0n) is 9.07. The molecule has 0 aliphatic rings. The fraction of sp³-hybridized carbons (Fsp3) is 0.364. The lowest BCUT2D eigenvalue weighted by atomic mass is 9.94. The molecule has 0 saturated carbocycles. The van der Waals surface area contributed by atoms with Gasteiger partial charge in [-0.2, -0.15) is 5.26 Å². The van der Waals surface area contributed by atoms with Crippen molar-refractivity contribution >= 4 is 0 Å². The van der Waals surface area contributed by atoms with Crippen molar-refractivity contribution in [3.63, 3.8) is 0 Å². The predicted molar refractivity (Wildman–Crippen MR) is 56.7 cm³/mol. The van der Waals surface area contributed by atoms with Gasteiger partial charge in [0.15, 0.2) is 0 Å². The fourth-order valence-electron chi connectivity index (χ4n) is 1.29. The van der Waals surface area contributed by atoms with E-state index in [2.05, 4.69) is 0 Å². The molecule has 1 rings (SSSR count). The lowest BCUT2D eigenvalue weighted by Gasteiger charge is -2.19. The van der Waals surface area contributed by atoms with E-state index in [-0.39, 0.29) is 0 Å². The molecule has 0 bridgehead atoms. The Labute approximate surface area is 89.2 Å². The summed E-state index contributed by atoms with van der Waals surface area (Å²) in [6, 6.07) is 7.22. The highest BCUT2D eigenvalue weighted by Gasteiger charge is 2.24. The first kappa shape index (κ1) is 11.3. The molecule has 0 aliphatic heterocycles. The third-order valence-corrected chi connectivity index (χ3v) is 2.20. The van der Waals surface area contributed by atoms with Gasteiger partial charge in [-0.3, -0.25) is 0 Å². The maximum Gasteiger partial charge on any atom is 0.130 e. The summed E-state index contributed by atoms with van der Waals surface area (Å²) in [5.74, 6) is 1.23. The van der Waals surface area contributed by atoms with Gasteiger partial charge in [0.2, 0.25) is 0 Å². The Morgan fingerprint density at radius 3 is 2.47 bits per heavy atom. The number of benzene rings is 1. The van der Waals surface area contributed by atoms with Gasteiger partial charge < -0.3 is 15.2 Å². The van der Waals surface area contributed by atoms with Crippen LogP contribution in [0.25, 0.3) is 0 Å². The monoisotopic (exact) mass is 206 g/mol. The van der Waals surface area contributed by atoms with Crippen LogP contribution in [-0.2, 0) is 5.54 Å². The zero-order chi connectivity index (χ0) is 11.5. The number of nitrogens with two attached hydrogens (primary N) is 1. The number of hydrogen-bond acceptors (Lipinski definition) is 4. The van der Waals surface area contributed by atoms with Gasteiger partial charge in [0.25, 0.3) is 0 Å². The van der Waals surface area contributed by atoms with Crippen LogP contribution in [0.3, 0.4) is 0 Å². The van der Waals surface area contributed by atoms with Crippen LogP contribution in [0.2, 0.25) is 0 Å². The van der Waals surface area contributed by atoms with E-state index in [1.54, 1.807) is 32.2 Å². The summed E-state index contributed by atoms with van der Waals surface area (Å²) < 4.78 is 10.2. The first-order valence-corrected chi connectivity index (χ1v) is 4.48. The first-order chi connectivity index (χ1) is 7.05. The Balaban J connectivity index is 3.26. The van der Waals surface area contributed by atoms with E-state index in [0.29, 0.717) is 17.1 Å². The van der Waals surface area contributed by atoms with E-state index in [1.807, 2.05) is 6.07 Å². The molecule has 0 aromatic heterocycles. The maximum atomic E-state index is 8.93. The molecule has 0 aliphatic carbocycles. The predicted octanol–water partition coefficient (Wildman–Crippen LogP) is 1.40. The molecule has 4 heteroatoms. The van der Waals surface area contributed by atoms with Gasteiger partial charge in [-0.25, -0.2) is 0 Å². The molecular weight excluding hydrogens is 192 g/mol. The smallest absolute Gasteiger partial charge is 0.130 e. The van der Waals surface area contributed by atoms with Crippen LogP contribution in [-0.4, -0.2) is 14.2 Å². The van der Waals surface area contributed by atoms with E-state index >= 15 is 0 Å². The van der Waals surface area contributed by atoms with E-state index in [1.165, 1.54) is 7.11 Å². The SMILES string of the molecule is COc1ccc(C(C)(N)C#N)c(OC)c1. The molecule has 2 N–H and O–H groups in total. The Bertz CT molecular complexity index is 394. The Morgan fingerprint density at radius 2 is 2.00 bits per heavy atom. The number of ether oxygens (including phenoxy) is 2. The van der Waals surface area contributed by atoms with Crippen molar-refractivity contribution < 1.29 is 9.47 Å². The molecule has 1 aromatic carbocycles. The average molecular weight is 206 g/mol. The third kappa shape index (κ3) is 2.20. The highest BCUT2D eigenvalue weighted by molar-refractivity contribution is 5.46. The van der Waals surface area contributed by atoms with Gasteiger partial charge in [0.1, 0.15) is 17.0 Å². The van der Waals surface area contributed by atoms with Crippen molar-refractivity contribution in [2.45, 2.75) is 12.5 Å². The molecule has 15 heavy (non-hydrogen) atoms. The molecular formula is C11H14N2O2. The molecule has 0 spiro atoms. The standard InChI is InChI=1S/C11H14N2O2/c1-11(13,7-12)9-5-4-8(14-2)6-10(9)15-3/h4-6H,13H2,1-3H3. The highest BCUT2D eigenvalue weighted by atomic mass is 16.5. The van der Waals surface area contributed by atoms with Gasteiger partial charge in [-0.05, 0) is 19.1 Å². The van der Waals surface area contributed by atoms with E-state index in [0.717, 1.165) is 0 Å². The van der Waals surface area contributed by atoms with Crippen molar-refractivity contribution in [2.24, 2.45) is 5.73 Å². The molecule has 0 heterocycles. The highest BCUT2D eigenvalue weighted by Crippen LogP contribution is 2.31. The lowest BCUT2D eigenvalue weighted by molar-refractivity contribution is 0.385. The van der Waals surface area contributed by atoms with Crippen LogP contribution >= 0.6 is 0 Å². The summed E-state index contributed by atoms with van der Waals surface area (Å²) in [5, 5.41) is 8.93. The van der Waals surface area contributed by atoms with Crippen molar-refractivity contribution in [1.82, 2.24) is 0 Å². The minimum Gasteiger partial charge on any atom is -0.497 e. The largest absolute Gasteiger partial charge is 0.497 e. The molecule has 1 aromatic rings. The van der Waals surface area contributed by atoms with E-state index in [4.69, 9.17) is 20.5 Å². The van der Waals surface area contributed by atoms with Crippen LogP contribution in [0, 0.1) is 11.3 Å². The zero-order valence-corrected chi connectivity index (χ0v) is 9.07. The second-order valence-corrected chi connectivity index (χ2v) is 3.38. The van der Waals surface area contributed by atoms with Crippen molar-refractivity contribution in [1.29, 1.82) is 5.26 Å². The average Bonchev–Trinajstić information content (AvgIpc) is 2.28. The minimum atomic E-state index is -1.06. The molecule has 80 valence electrons. The normalized spacial score (nSPS) is 13.8. The van der Waals surface area contributed by atoms with Crippen LogP contribution in [0.4, 0.5) is 0 Å². The molecule has 1 atom stereocenters. The summed E-state index contributed by atoms with van der Waals surface area (Å²) in [7, 11) is 3.10. The van der Waals surface area contributed by atoms with Crippen molar-refractivity contribution in [3.8, 4) is 17.6 Å². The second-order valence-electron chi connectivity index (χ2n) is 3.38. The number of methoxy groups -OCH3 is 2. The first-order valence-electron chi connectivity index (χ1n) is 4.48. The Kier molecular flexibility index (Phi) is 3.17. The number of nitriles is 1. The summed E-state index contributed by atoms with van der Waals surface area (Å²) in [5.41, 5.74) is 5.41. The van der Waals surface area contributed by atoms with Crippen LogP contribution in [0.5, 0.6) is 11.5 Å². The van der Waals surface area contributed by atoms with Crippen LogP contribution in [0.15, 0.2) is 18.2 Å². The quantitative estimate of drug-likeness (QED) is 0.811. The summed E-state index contributed by atoms with van der Waals surface area (Å²) in [6.07, 6.45) is 0. The second kappa shape index (κ2) is 4.20. The summed E-state index contributed by atoms with van der Waals surface area (Å²) >= 11 is 0. The maximum absolute atomic E-state index is 8.93. The molecule has 0 amide bonds.